The smallest absolute Gasteiger partial charge is 0.258 e. The number of aromatic nitrogens is 3. The second kappa shape index (κ2) is 7.22. The fourth-order valence-corrected chi connectivity index (χ4v) is 3.41. The molecule has 1 fully saturated rings. The first-order valence-corrected chi connectivity index (χ1v) is 8.86. The average molecular weight is 379 g/mol. The summed E-state index contributed by atoms with van der Waals surface area (Å²) in [5.41, 5.74) is 0.570. The third-order valence-corrected chi connectivity index (χ3v) is 4.85. The Morgan fingerprint density at radius 1 is 1.18 bits per heavy atom. The lowest BCUT2D eigenvalue weighted by atomic mass is 10.1. The molecule has 0 aliphatic carbocycles. The summed E-state index contributed by atoms with van der Waals surface area (Å²) in [5.74, 6) is -0.711. The van der Waals surface area contributed by atoms with E-state index >= 15 is 0 Å². The van der Waals surface area contributed by atoms with Crippen molar-refractivity contribution in [2.45, 2.75) is 12.5 Å². The summed E-state index contributed by atoms with van der Waals surface area (Å²) < 4.78 is 15.6. The minimum Gasteiger partial charge on any atom is -0.329 e. The summed E-state index contributed by atoms with van der Waals surface area (Å²) in [4.78, 5) is 33.0. The van der Waals surface area contributed by atoms with Gasteiger partial charge in [-0.1, -0.05) is 12.1 Å². The lowest BCUT2D eigenvalue weighted by Crippen LogP contribution is -2.43. The molecule has 1 atom stereocenters. The Labute approximate surface area is 161 Å². The molecule has 4 rings (SSSR count). The first-order chi connectivity index (χ1) is 13.6. The lowest BCUT2D eigenvalue weighted by Gasteiger charge is -2.24. The third kappa shape index (κ3) is 3.02. The predicted octanol–water partition coefficient (Wildman–Crippen LogP) is 2.28. The number of pyridine rings is 1. The van der Waals surface area contributed by atoms with E-state index in [1.807, 2.05) is 0 Å². The van der Waals surface area contributed by atoms with Crippen LogP contribution in [0.15, 0.2) is 61.1 Å². The fourth-order valence-electron chi connectivity index (χ4n) is 3.41. The minimum atomic E-state index is -0.669. The molecule has 2 aromatic heterocycles. The van der Waals surface area contributed by atoms with Gasteiger partial charge in [0, 0.05) is 32.2 Å². The highest BCUT2D eigenvalue weighted by Crippen LogP contribution is 2.27. The molecule has 0 saturated carbocycles. The number of hydrogen-bond donors (Lipinski definition) is 0. The molecule has 0 spiro atoms. The summed E-state index contributed by atoms with van der Waals surface area (Å²) in [5, 5.41) is 4.13. The lowest BCUT2D eigenvalue weighted by molar-refractivity contribution is -0.120. The number of halogens is 1. The van der Waals surface area contributed by atoms with E-state index < -0.39 is 11.9 Å². The van der Waals surface area contributed by atoms with Crippen molar-refractivity contribution in [1.82, 2.24) is 19.7 Å². The van der Waals surface area contributed by atoms with Gasteiger partial charge in [-0.15, -0.1) is 0 Å². The Hall–Kier alpha value is -3.55. The molecule has 0 N–H and O–H groups in total. The van der Waals surface area contributed by atoms with Crippen molar-refractivity contribution in [3.8, 4) is 5.82 Å². The molecule has 2 amide bonds. The van der Waals surface area contributed by atoms with Gasteiger partial charge in [0.25, 0.3) is 5.91 Å². The SMILES string of the molecule is CN(C(=O)c1cccnc1-n1cccn1)C1CCN(c2ccccc2F)C1=O. The van der Waals surface area contributed by atoms with Gasteiger partial charge in [0.15, 0.2) is 5.82 Å². The molecular formula is C20H18FN5O2. The number of anilines is 1. The van der Waals surface area contributed by atoms with Gasteiger partial charge < -0.3 is 9.80 Å². The van der Waals surface area contributed by atoms with Crippen LogP contribution < -0.4 is 4.90 Å². The van der Waals surface area contributed by atoms with Crippen LogP contribution in [0.4, 0.5) is 10.1 Å². The van der Waals surface area contributed by atoms with Crippen LogP contribution in [0.3, 0.4) is 0 Å². The Kier molecular flexibility index (Phi) is 4.60. The van der Waals surface area contributed by atoms with Crippen LogP contribution in [-0.2, 0) is 4.79 Å². The molecule has 0 radical (unpaired) electrons. The average Bonchev–Trinajstić information content (AvgIpc) is 3.37. The molecule has 1 saturated heterocycles. The number of benzene rings is 1. The molecule has 1 aliphatic rings. The van der Waals surface area contributed by atoms with E-state index in [2.05, 4.69) is 10.1 Å². The zero-order chi connectivity index (χ0) is 19.7. The molecule has 1 aromatic carbocycles. The number of carbonyl (C=O) groups is 2. The summed E-state index contributed by atoms with van der Waals surface area (Å²) in [6.45, 7) is 0.348. The van der Waals surface area contributed by atoms with Gasteiger partial charge in [-0.3, -0.25) is 9.59 Å². The fraction of sp³-hybridized carbons (Fsp3) is 0.200. The molecule has 1 unspecified atom stereocenters. The van der Waals surface area contributed by atoms with Crippen LogP contribution in [0, 0.1) is 5.82 Å². The van der Waals surface area contributed by atoms with Crippen molar-refractivity contribution in [3.05, 3.63) is 72.4 Å². The van der Waals surface area contributed by atoms with Crippen LogP contribution in [0.2, 0.25) is 0 Å². The quantitative estimate of drug-likeness (QED) is 0.697. The van der Waals surface area contributed by atoms with Crippen molar-refractivity contribution < 1.29 is 14.0 Å². The second-order valence-corrected chi connectivity index (χ2v) is 6.49. The zero-order valence-corrected chi connectivity index (χ0v) is 15.2. The van der Waals surface area contributed by atoms with Crippen molar-refractivity contribution >= 4 is 17.5 Å². The molecule has 28 heavy (non-hydrogen) atoms. The summed E-state index contributed by atoms with van der Waals surface area (Å²) in [6.07, 6.45) is 5.29. The number of hydrogen-bond acceptors (Lipinski definition) is 4. The molecule has 7 nitrogen and oxygen atoms in total. The van der Waals surface area contributed by atoms with E-state index in [-0.39, 0.29) is 17.5 Å². The van der Waals surface area contributed by atoms with Gasteiger partial charge in [0.2, 0.25) is 5.91 Å². The van der Waals surface area contributed by atoms with Gasteiger partial charge in [-0.25, -0.2) is 14.1 Å². The van der Waals surface area contributed by atoms with Gasteiger partial charge >= 0.3 is 0 Å². The highest BCUT2D eigenvalue weighted by atomic mass is 19.1. The summed E-state index contributed by atoms with van der Waals surface area (Å²) in [6, 6.07) is 10.5. The van der Waals surface area contributed by atoms with Gasteiger partial charge in [0.1, 0.15) is 11.9 Å². The largest absolute Gasteiger partial charge is 0.329 e. The number of amides is 2. The second-order valence-electron chi connectivity index (χ2n) is 6.49. The first kappa shape index (κ1) is 17.8. The maximum atomic E-state index is 14.1. The minimum absolute atomic E-state index is 0.231. The molecule has 1 aliphatic heterocycles. The van der Waals surface area contributed by atoms with E-state index in [1.165, 1.54) is 20.5 Å². The van der Waals surface area contributed by atoms with Crippen molar-refractivity contribution in [1.29, 1.82) is 0 Å². The van der Waals surface area contributed by atoms with Crippen molar-refractivity contribution in [2.24, 2.45) is 0 Å². The Morgan fingerprint density at radius 3 is 2.75 bits per heavy atom. The number of carbonyl (C=O) groups excluding carboxylic acids is 2. The molecule has 3 heterocycles. The normalized spacial score (nSPS) is 16.4. The maximum Gasteiger partial charge on any atom is 0.258 e. The van der Waals surface area contributed by atoms with Gasteiger partial charge in [0.05, 0.1) is 11.3 Å². The molecule has 142 valence electrons. The Morgan fingerprint density at radius 2 is 2.00 bits per heavy atom. The Bertz CT molecular complexity index is 1020. The first-order valence-electron chi connectivity index (χ1n) is 8.86. The number of likely N-dealkylation sites (N-methyl/N-ethyl adjacent to an activating group) is 1. The van der Waals surface area contributed by atoms with Crippen molar-refractivity contribution in [2.75, 3.05) is 18.5 Å². The van der Waals surface area contributed by atoms with Gasteiger partial charge in [-0.2, -0.15) is 5.10 Å². The zero-order valence-electron chi connectivity index (χ0n) is 15.2. The monoisotopic (exact) mass is 379 g/mol. The number of rotatable bonds is 4. The Balaban J connectivity index is 1.59. The summed E-state index contributed by atoms with van der Waals surface area (Å²) in [7, 11) is 1.58. The van der Waals surface area contributed by atoms with Crippen LogP contribution in [0.1, 0.15) is 16.8 Å². The van der Waals surface area contributed by atoms with Crippen LogP contribution in [0.25, 0.3) is 5.82 Å². The number of para-hydroxylation sites is 1. The molecule has 3 aromatic rings. The van der Waals surface area contributed by atoms with E-state index in [0.717, 1.165) is 0 Å². The van der Waals surface area contributed by atoms with Crippen molar-refractivity contribution in [3.63, 3.8) is 0 Å². The molecule has 8 heteroatoms. The van der Waals surface area contributed by atoms with E-state index in [1.54, 1.807) is 62.0 Å². The highest BCUT2D eigenvalue weighted by molar-refractivity contribution is 6.04. The van der Waals surface area contributed by atoms with Crippen LogP contribution >= 0.6 is 0 Å². The summed E-state index contributed by atoms with van der Waals surface area (Å²) >= 11 is 0. The highest BCUT2D eigenvalue weighted by Gasteiger charge is 2.38. The predicted molar refractivity (Wildman–Crippen MR) is 101 cm³/mol. The number of nitrogens with zero attached hydrogens (tertiary/aromatic N) is 5. The maximum absolute atomic E-state index is 14.1. The van der Waals surface area contributed by atoms with Gasteiger partial charge in [-0.05, 0) is 36.8 Å². The topological polar surface area (TPSA) is 71.3 Å². The standard InChI is InChI=1S/C20H18FN5O2/c1-24(17-9-13-25(20(17)28)16-8-3-2-7-15(16)21)19(27)14-6-4-10-22-18(14)26-12-5-11-23-26/h2-8,10-12,17H,9,13H2,1H3. The molecular weight excluding hydrogens is 361 g/mol. The molecule has 0 bridgehead atoms. The van der Waals surface area contributed by atoms with E-state index in [4.69, 9.17) is 0 Å². The van der Waals surface area contributed by atoms with Crippen LogP contribution in [0.5, 0.6) is 0 Å². The van der Waals surface area contributed by atoms with Crippen LogP contribution in [-0.4, -0.2) is 51.1 Å². The van der Waals surface area contributed by atoms with E-state index in [9.17, 15) is 14.0 Å². The van der Waals surface area contributed by atoms with E-state index in [0.29, 0.717) is 24.3 Å². The third-order valence-electron chi connectivity index (χ3n) is 4.85.